The normalized spacial score (nSPS) is 10.2. The van der Waals surface area contributed by atoms with Gasteiger partial charge in [-0.15, -0.1) is 0 Å². The summed E-state index contributed by atoms with van der Waals surface area (Å²) in [5.41, 5.74) is 3.05. The third kappa shape index (κ3) is 1.15. The highest BCUT2D eigenvalue weighted by atomic mass is 16.1. The molecule has 0 atom stereocenters. The van der Waals surface area contributed by atoms with Crippen LogP contribution in [0.5, 0.6) is 0 Å². The molecule has 0 bridgehead atoms. The molecule has 74 valence electrons. The summed E-state index contributed by atoms with van der Waals surface area (Å²) in [7, 11) is 1.83. The van der Waals surface area contributed by atoms with Crippen LogP contribution in [0.3, 0.4) is 0 Å². The highest BCUT2D eigenvalue weighted by Gasteiger charge is 2.13. The second kappa shape index (κ2) is 3.25. The smallest absolute Gasteiger partial charge is 0.166 e. The Morgan fingerprint density at radius 3 is 2.80 bits per heavy atom. The van der Waals surface area contributed by atoms with Crippen molar-refractivity contribution in [2.75, 3.05) is 0 Å². The van der Waals surface area contributed by atoms with Crippen LogP contribution in [0.1, 0.15) is 21.6 Å². The molecule has 0 amide bonds. The average Bonchev–Trinajstić information content (AvgIpc) is 2.51. The van der Waals surface area contributed by atoms with Crippen LogP contribution in [0.25, 0.3) is 10.9 Å². The molecule has 0 radical (unpaired) electrons. The Hall–Kier alpha value is -2.08. The molecule has 2 aromatic rings. The van der Waals surface area contributed by atoms with E-state index in [4.69, 9.17) is 5.26 Å². The van der Waals surface area contributed by atoms with Crippen molar-refractivity contribution in [1.82, 2.24) is 4.57 Å². The number of hydrogen-bond donors (Lipinski definition) is 0. The maximum Gasteiger partial charge on any atom is 0.166 e. The summed E-state index contributed by atoms with van der Waals surface area (Å²) in [4.78, 5) is 10.9. The molecule has 1 aromatic heterocycles. The summed E-state index contributed by atoms with van der Waals surface area (Å²) in [6, 6.07) is 7.66. The molecular weight excluding hydrogens is 188 g/mol. The second-order valence-corrected chi connectivity index (χ2v) is 3.50. The van der Waals surface area contributed by atoms with Gasteiger partial charge in [-0.3, -0.25) is 4.79 Å². The Kier molecular flexibility index (Phi) is 2.05. The fourth-order valence-electron chi connectivity index (χ4n) is 1.98. The first-order chi connectivity index (χ1) is 7.20. The number of aryl methyl sites for hydroxylation is 2. The summed E-state index contributed by atoms with van der Waals surface area (Å²) < 4.78 is 1.82. The number of aromatic nitrogens is 1. The molecule has 15 heavy (non-hydrogen) atoms. The van der Waals surface area contributed by atoms with Crippen LogP contribution in [0, 0.1) is 18.3 Å². The fraction of sp³-hybridized carbons (Fsp3) is 0.167. The van der Waals surface area contributed by atoms with Crippen molar-refractivity contribution in [3.8, 4) is 6.07 Å². The molecule has 0 N–H and O–H groups in total. The molecular formula is C12H10N2O. The molecule has 1 heterocycles. The minimum Gasteiger partial charge on any atom is -0.341 e. The van der Waals surface area contributed by atoms with Crippen LogP contribution >= 0.6 is 0 Å². The molecule has 0 aliphatic heterocycles. The first kappa shape index (κ1) is 9.47. The quantitative estimate of drug-likeness (QED) is 0.659. The Morgan fingerprint density at radius 2 is 2.20 bits per heavy atom. The van der Waals surface area contributed by atoms with Crippen LogP contribution in [0.2, 0.25) is 0 Å². The molecule has 0 fully saturated rings. The summed E-state index contributed by atoms with van der Waals surface area (Å²) in [5.74, 6) is 0. The fourth-order valence-corrected chi connectivity index (χ4v) is 1.98. The van der Waals surface area contributed by atoms with Gasteiger partial charge in [0.25, 0.3) is 0 Å². The van der Waals surface area contributed by atoms with E-state index in [1.807, 2.05) is 30.7 Å². The maximum absolute atomic E-state index is 10.9. The number of rotatable bonds is 1. The first-order valence-corrected chi connectivity index (χ1v) is 4.64. The van der Waals surface area contributed by atoms with Crippen molar-refractivity contribution in [2.24, 2.45) is 7.05 Å². The summed E-state index contributed by atoms with van der Waals surface area (Å²) in [6.45, 7) is 1.87. The van der Waals surface area contributed by atoms with Gasteiger partial charge in [-0.1, -0.05) is 6.07 Å². The van der Waals surface area contributed by atoms with Crippen molar-refractivity contribution in [3.05, 3.63) is 35.0 Å². The summed E-state index contributed by atoms with van der Waals surface area (Å²) >= 11 is 0. The van der Waals surface area contributed by atoms with Gasteiger partial charge in [-0.2, -0.15) is 5.26 Å². The van der Waals surface area contributed by atoms with Crippen LogP contribution in [-0.2, 0) is 7.05 Å². The minimum absolute atomic E-state index is 0.619. The second-order valence-electron chi connectivity index (χ2n) is 3.50. The molecule has 2 rings (SSSR count). The maximum atomic E-state index is 10.9. The molecule has 0 saturated carbocycles. The van der Waals surface area contributed by atoms with Crippen molar-refractivity contribution in [3.63, 3.8) is 0 Å². The van der Waals surface area contributed by atoms with Crippen LogP contribution in [-0.4, -0.2) is 10.9 Å². The summed E-state index contributed by atoms with van der Waals surface area (Å²) in [5, 5.41) is 9.86. The standard InChI is InChI=1S/C12H10N2O/c1-8-11(7-15)14(2)10-5-3-4-9(6-13)12(8)10/h3-5,7H,1-2H3. The largest absolute Gasteiger partial charge is 0.341 e. The van der Waals surface area contributed by atoms with E-state index in [0.717, 1.165) is 22.8 Å². The number of benzene rings is 1. The lowest BCUT2D eigenvalue weighted by molar-refractivity contribution is 0.111. The van der Waals surface area contributed by atoms with Crippen molar-refractivity contribution >= 4 is 17.2 Å². The van der Waals surface area contributed by atoms with Gasteiger partial charge in [-0.05, 0) is 24.6 Å². The van der Waals surface area contributed by atoms with Gasteiger partial charge >= 0.3 is 0 Å². The van der Waals surface area contributed by atoms with Gasteiger partial charge in [0.15, 0.2) is 6.29 Å². The predicted molar refractivity (Wildman–Crippen MR) is 57.8 cm³/mol. The van der Waals surface area contributed by atoms with E-state index in [9.17, 15) is 4.79 Å². The van der Waals surface area contributed by atoms with E-state index in [1.54, 1.807) is 6.07 Å². The zero-order valence-electron chi connectivity index (χ0n) is 8.61. The van der Waals surface area contributed by atoms with Crippen LogP contribution in [0.4, 0.5) is 0 Å². The topological polar surface area (TPSA) is 45.8 Å². The Morgan fingerprint density at radius 1 is 1.47 bits per heavy atom. The zero-order chi connectivity index (χ0) is 11.0. The van der Waals surface area contributed by atoms with Crippen molar-refractivity contribution in [2.45, 2.75) is 6.92 Å². The molecule has 3 nitrogen and oxygen atoms in total. The predicted octanol–water partition coefficient (Wildman–Crippen LogP) is 2.17. The number of nitriles is 1. The Balaban J connectivity index is 3.03. The molecule has 0 unspecified atom stereocenters. The Labute approximate surface area is 87.5 Å². The number of carbonyl (C=O) groups is 1. The van der Waals surface area contributed by atoms with Crippen molar-refractivity contribution < 1.29 is 4.79 Å². The van der Waals surface area contributed by atoms with Gasteiger partial charge in [0.05, 0.1) is 17.3 Å². The lowest BCUT2D eigenvalue weighted by Gasteiger charge is -1.97. The van der Waals surface area contributed by atoms with Gasteiger partial charge in [0, 0.05) is 18.0 Å². The van der Waals surface area contributed by atoms with E-state index in [-0.39, 0.29) is 0 Å². The molecule has 1 aromatic carbocycles. The number of aldehydes is 1. The highest BCUT2D eigenvalue weighted by molar-refractivity contribution is 5.96. The highest BCUT2D eigenvalue weighted by Crippen LogP contribution is 2.26. The average molecular weight is 198 g/mol. The lowest BCUT2D eigenvalue weighted by Crippen LogP contribution is -1.94. The van der Waals surface area contributed by atoms with E-state index in [1.165, 1.54) is 0 Å². The molecule has 0 aliphatic carbocycles. The number of fused-ring (bicyclic) bond motifs is 1. The van der Waals surface area contributed by atoms with Crippen molar-refractivity contribution in [1.29, 1.82) is 5.26 Å². The molecule has 0 aliphatic rings. The molecule has 0 spiro atoms. The van der Waals surface area contributed by atoms with Gasteiger partial charge in [-0.25, -0.2) is 0 Å². The van der Waals surface area contributed by atoms with E-state index >= 15 is 0 Å². The van der Waals surface area contributed by atoms with E-state index in [2.05, 4.69) is 6.07 Å². The Bertz CT molecular complexity index is 588. The SMILES string of the molecule is Cc1c(C=O)n(C)c2cccc(C#N)c12. The number of hydrogen-bond acceptors (Lipinski definition) is 2. The number of carbonyl (C=O) groups excluding carboxylic acids is 1. The van der Waals surface area contributed by atoms with Gasteiger partial charge in [0.2, 0.25) is 0 Å². The van der Waals surface area contributed by atoms with Gasteiger partial charge in [0.1, 0.15) is 0 Å². The summed E-state index contributed by atoms with van der Waals surface area (Å²) in [6.07, 6.45) is 0.830. The third-order valence-electron chi connectivity index (χ3n) is 2.76. The van der Waals surface area contributed by atoms with E-state index < -0.39 is 0 Å². The minimum atomic E-state index is 0.619. The molecule has 3 heteroatoms. The monoisotopic (exact) mass is 198 g/mol. The lowest BCUT2D eigenvalue weighted by atomic mass is 10.1. The first-order valence-electron chi connectivity index (χ1n) is 4.64. The zero-order valence-corrected chi connectivity index (χ0v) is 8.61. The number of nitrogens with zero attached hydrogens (tertiary/aromatic N) is 2. The van der Waals surface area contributed by atoms with Gasteiger partial charge < -0.3 is 4.57 Å². The molecule has 0 saturated heterocycles. The third-order valence-corrected chi connectivity index (χ3v) is 2.76. The van der Waals surface area contributed by atoms with Crippen LogP contribution < -0.4 is 0 Å². The van der Waals surface area contributed by atoms with Crippen LogP contribution in [0.15, 0.2) is 18.2 Å². The van der Waals surface area contributed by atoms with E-state index in [0.29, 0.717) is 11.3 Å².